The van der Waals surface area contributed by atoms with E-state index < -0.39 is 0 Å². The fourth-order valence-corrected chi connectivity index (χ4v) is 3.43. The van der Waals surface area contributed by atoms with Gasteiger partial charge in [-0.25, -0.2) is 9.42 Å². The van der Waals surface area contributed by atoms with E-state index in [0.29, 0.717) is 24.6 Å². The third-order valence-electron chi connectivity index (χ3n) is 4.95. The number of fused-ring (bicyclic) bond motifs is 1. The smallest absolute Gasteiger partial charge is 0.317 e. The molecule has 1 fully saturated rings. The van der Waals surface area contributed by atoms with Crippen molar-refractivity contribution in [2.24, 2.45) is 0 Å². The monoisotopic (exact) mass is 345 g/mol. The minimum Gasteiger partial charge on any atom is -0.336 e. The summed E-state index contributed by atoms with van der Waals surface area (Å²) >= 11 is 0. The SMILES string of the molecule is CCC(CNC(=O)N(C)Cc1ccc2nonc2c1)N1CCCCC1. The number of carbonyl (C=O) groups excluding carboxylic acids is 1. The Labute approximate surface area is 148 Å². The minimum absolute atomic E-state index is 0.0474. The molecule has 1 N–H and O–H groups in total. The van der Waals surface area contributed by atoms with Crippen molar-refractivity contribution >= 4 is 17.1 Å². The molecule has 0 aliphatic carbocycles. The summed E-state index contributed by atoms with van der Waals surface area (Å²) < 4.78 is 4.71. The maximum atomic E-state index is 12.4. The van der Waals surface area contributed by atoms with Gasteiger partial charge in [-0.05, 0) is 60.4 Å². The van der Waals surface area contributed by atoms with Gasteiger partial charge in [-0.1, -0.05) is 19.4 Å². The Hall–Kier alpha value is -2.15. The molecule has 2 aromatic rings. The molecule has 1 aromatic heterocycles. The Morgan fingerprint density at radius 3 is 2.80 bits per heavy atom. The lowest BCUT2D eigenvalue weighted by Gasteiger charge is -2.34. The number of nitrogens with one attached hydrogen (secondary N) is 1. The lowest BCUT2D eigenvalue weighted by Crippen LogP contribution is -2.48. The van der Waals surface area contributed by atoms with Crippen molar-refractivity contribution in [2.45, 2.75) is 45.2 Å². The molecule has 25 heavy (non-hydrogen) atoms. The van der Waals surface area contributed by atoms with Gasteiger partial charge in [0.05, 0.1) is 0 Å². The van der Waals surface area contributed by atoms with E-state index in [9.17, 15) is 4.79 Å². The molecular weight excluding hydrogens is 318 g/mol. The van der Waals surface area contributed by atoms with Crippen LogP contribution in [-0.2, 0) is 6.54 Å². The van der Waals surface area contributed by atoms with E-state index in [4.69, 9.17) is 4.63 Å². The standard InChI is InChI=1S/C18H27N5O2/c1-3-15(23-9-5-4-6-10-23)12-19-18(24)22(2)13-14-7-8-16-17(11-14)21-25-20-16/h7-8,11,15H,3-6,9-10,12-13H2,1-2H3,(H,19,24). The lowest BCUT2D eigenvalue weighted by atomic mass is 10.1. The highest BCUT2D eigenvalue weighted by atomic mass is 16.6. The maximum Gasteiger partial charge on any atom is 0.317 e. The molecular formula is C18H27N5O2. The van der Waals surface area contributed by atoms with Crippen LogP contribution in [0, 0.1) is 0 Å². The molecule has 3 rings (SSSR count). The largest absolute Gasteiger partial charge is 0.336 e. The van der Waals surface area contributed by atoms with Crippen LogP contribution in [0.4, 0.5) is 4.79 Å². The van der Waals surface area contributed by atoms with Crippen molar-refractivity contribution in [1.82, 2.24) is 25.4 Å². The second-order valence-electron chi connectivity index (χ2n) is 6.79. The highest BCUT2D eigenvalue weighted by molar-refractivity contribution is 5.75. The van der Waals surface area contributed by atoms with E-state index in [2.05, 4.69) is 27.5 Å². The molecule has 1 unspecified atom stereocenters. The number of amides is 2. The number of hydrogen-bond donors (Lipinski definition) is 1. The summed E-state index contributed by atoms with van der Waals surface area (Å²) in [5.74, 6) is 0. The zero-order valence-electron chi connectivity index (χ0n) is 15.1. The van der Waals surface area contributed by atoms with Crippen molar-refractivity contribution in [2.75, 3.05) is 26.7 Å². The molecule has 1 saturated heterocycles. The Kier molecular flexibility index (Phi) is 5.86. The van der Waals surface area contributed by atoms with E-state index in [1.165, 1.54) is 19.3 Å². The van der Waals surface area contributed by atoms with E-state index in [-0.39, 0.29) is 6.03 Å². The molecule has 1 aliphatic rings. The van der Waals surface area contributed by atoms with E-state index >= 15 is 0 Å². The number of rotatable bonds is 6. The molecule has 2 heterocycles. The van der Waals surface area contributed by atoms with Crippen LogP contribution in [0.1, 0.15) is 38.2 Å². The van der Waals surface area contributed by atoms with E-state index in [1.54, 1.807) is 4.90 Å². The van der Waals surface area contributed by atoms with Gasteiger partial charge in [-0.2, -0.15) is 0 Å². The van der Waals surface area contributed by atoms with Crippen LogP contribution in [0.5, 0.6) is 0 Å². The molecule has 0 bridgehead atoms. The predicted octanol–water partition coefficient (Wildman–Crippen LogP) is 2.63. The Balaban J connectivity index is 1.51. The summed E-state index contributed by atoms with van der Waals surface area (Å²) in [4.78, 5) is 16.6. The van der Waals surface area contributed by atoms with Gasteiger partial charge in [-0.3, -0.25) is 4.90 Å². The van der Waals surface area contributed by atoms with Gasteiger partial charge in [0.25, 0.3) is 0 Å². The van der Waals surface area contributed by atoms with Crippen molar-refractivity contribution in [3.63, 3.8) is 0 Å². The Bertz CT molecular complexity index is 696. The summed E-state index contributed by atoms with van der Waals surface area (Å²) in [6.07, 6.45) is 4.92. The van der Waals surface area contributed by atoms with Crippen LogP contribution < -0.4 is 5.32 Å². The number of benzene rings is 1. The number of carbonyl (C=O) groups is 1. The van der Waals surface area contributed by atoms with Crippen LogP contribution in [0.2, 0.25) is 0 Å². The number of likely N-dealkylation sites (tertiary alicyclic amines) is 1. The first-order chi connectivity index (χ1) is 12.2. The molecule has 1 aliphatic heterocycles. The lowest BCUT2D eigenvalue weighted by molar-refractivity contribution is 0.152. The number of hydrogen-bond acceptors (Lipinski definition) is 5. The quantitative estimate of drug-likeness (QED) is 0.871. The molecule has 0 saturated carbocycles. The third-order valence-corrected chi connectivity index (χ3v) is 4.95. The summed E-state index contributed by atoms with van der Waals surface area (Å²) in [5, 5.41) is 10.7. The first-order valence-corrected chi connectivity index (χ1v) is 9.11. The van der Waals surface area contributed by atoms with Gasteiger partial charge in [0.1, 0.15) is 11.0 Å². The highest BCUT2D eigenvalue weighted by Gasteiger charge is 2.20. The van der Waals surface area contributed by atoms with Gasteiger partial charge in [0.15, 0.2) is 0 Å². The van der Waals surface area contributed by atoms with Crippen molar-refractivity contribution in [3.8, 4) is 0 Å². The molecule has 0 spiro atoms. The van der Waals surface area contributed by atoms with Crippen molar-refractivity contribution < 1.29 is 9.42 Å². The topological polar surface area (TPSA) is 74.5 Å². The van der Waals surface area contributed by atoms with Crippen molar-refractivity contribution in [1.29, 1.82) is 0 Å². The molecule has 7 nitrogen and oxygen atoms in total. The van der Waals surface area contributed by atoms with Gasteiger partial charge in [0.2, 0.25) is 0 Å². The van der Waals surface area contributed by atoms with Crippen LogP contribution in [0.3, 0.4) is 0 Å². The molecule has 2 amide bonds. The molecule has 1 atom stereocenters. The zero-order chi connectivity index (χ0) is 17.6. The number of urea groups is 1. The highest BCUT2D eigenvalue weighted by Crippen LogP contribution is 2.15. The second kappa shape index (κ2) is 8.29. The summed E-state index contributed by atoms with van der Waals surface area (Å²) in [7, 11) is 1.81. The third kappa shape index (κ3) is 4.48. The molecule has 136 valence electrons. The van der Waals surface area contributed by atoms with Crippen LogP contribution in [0.15, 0.2) is 22.8 Å². The number of nitrogens with zero attached hydrogens (tertiary/aromatic N) is 4. The fourth-order valence-electron chi connectivity index (χ4n) is 3.43. The van der Waals surface area contributed by atoms with Crippen molar-refractivity contribution in [3.05, 3.63) is 23.8 Å². The average molecular weight is 345 g/mol. The summed E-state index contributed by atoms with van der Waals surface area (Å²) in [6.45, 7) is 5.71. The van der Waals surface area contributed by atoms with Gasteiger partial charge in [-0.15, -0.1) is 0 Å². The Morgan fingerprint density at radius 2 is 2.04 bits per heavy atom. The van der Waals surface area contributed by atoms with E-state index in [1.807, 2.05) is 25.2 Å². The normalized spacial score (nSPS) is 16.7. The molecule has 0 radical (unpaired) electrons. The van der Waals surface area contributed by atoms with Crippen LogP contribution in [0.25, 0.3) is 11.0 Å². The van der Waals surface area contributed by atoms with Crippen LogP contribution in [-0.4, -0.2) is 58.9 Å². The predicted molar refractivity (Wildman–Crippen MR) is 96.2 cm³/mol. The van der Waals surface area contributed by atoms with Gasteiger partial charge >= 0.3 is 6.03 Å². The number of piperidine rings is 1. The van der Waals surface area contributed by atoms with Crippen LogP contribution >= 0.6 is 0 Å². The maximum absolute atomic E-state index is 12.4. The summed E-state index contributed by atoms with van der Waals surface area (Å²) in [5.41, 5.74) is 2.44. The zero-order valence-corrected chi connectivity index (χ0v) is 15.1. The fraction of sp³-hybridized carbons (Fsp3) is 0.611. The molecule has 7 heteroatoms. The second-order valence-corrected chi connectivity index (χ2v) is 6.79. The average Bonchev–Trinajstić information content (AvgIpc) is 3.10. The van der Waals surface area contributed by atoms with E-state index in [0.717, 1.165) is 30.6 Å². The first-order valence-electron chi connectivity index (χ1n) is 9.11. The Morgan fingerprint density at radius 1 is 1.28 bits per heavy atom. The summed E-state index contributed by atoms with van der Waals surface area (Å²) in [6, 6.07) is 6.08. The van der Waals surface area contributed by atoms with Gasteiger partial charge in [0, 0.05) is 26.2 Å². The van der Waals surface area contributed by atoms with Gasteiger partial charge < -0.3 is 10.2 Å². The number of aromatic nitrogens is 2. The molecule has 1 aromatic carbocycles. The minimum atomic E-state index is -0.0474. The first kappa shape index (κ1) is 17.7.